The summed E-state index contributed by atoms with van der Waals surface area (Å²) in [6.45, 7) is 0.193. The number of nitrogens with one attached hydrogen (secondary N) is 1. The van der Waals surface area contributed by atoms with E-state index in [0.29, 0.717) is 5.69 Å². The molecule has 0 atom stereocenters. The van der Waals surface area contributed by atoms with Crippen molar-refractivity contribution in [2.45, 2.75) is 4.90 Å². The van der Waals surface area contributed by atoms with E-state index in [4.69, 9.17) is 0 Å². The van der Waals surface area contributed by atoms with E-state index in [-0.39, 0.29) is 23.9 Å². The Hall–Kier alpha value is -2.78. The molecule has 27 heavy (non-hydrogen) atoms. The predicted molar refractivity (Wildman–Crippen MR) is 98.0 cm³/mol. The maximum Gasteiger partial charge on any atom is 0.243 e. The molecular formula is C18H17FN4O3S. The van der Waals surface area contributed by atoms with Crippen molar-refractivity contribution in [3.8, 4) is 0 Å². The summed E-state index contributed by atoms with van der Waals surface area (Å²) < 4.78 is 41.0. The van der Waals surface area contributed by atoms with Crippen LogP contribution in [0.4, 0.5) is 10.1 Å². The molecule has 3 aromatic rings. The first-order valence-electron chi connectivity index (χ1n) is 8.32. The molecule has 0 aliphatic carbocycles. The van der Waals surface area contributed by atoms with E-state index >= 15 is 0 Å². The maximum absolute atomic E-state index is 13.0. The third-order valence-corrected chi connectivity index (χ3v) is 6.51. The molecule has 2 aromatic carbocycles. The Morgan fingerprint density at radius 2 is 1.89 bits per heavy atom. The highest BCUT2D eigenvalue weighted by atomic mass is 32.2. The van der Waals surface area contributed by atoms with Gasteiger partial charge in [0.25, 0.3) is 0 Å². The molecule has 1 fully saturated rings. The number of anilines is 1. The first-order valence-corrected chi connectivity index (χ1v) is 9.76. The van der Waals surface area contributed by atoms with Crippen LogP contribution in [0.5, 0.6) is 0 Å². The quantitative estimate of drug-likeness (QED) is 0.741. The lowest BCUT2D eigenvalue weighted by Crippen LogP contribution is -2.54. The molecule has 0 spiro atoms. The topological polar surface area (TPSA) is 84.3 Å². The van der Waals surface area contributed by atoms with E-state index in [1.54, 1.807) is 12.4 Å². The summed E-state index contributed by atoms with van der Waals surface area (Å²) in [5, 5.41) is 2.82. The number of aromatic nitrogens is 2. The highest BCUT2D eigenvalue weighted by Crippen LogP contribution is 2.26. The number of carbonyl (C=O) groups is 1. The molecule has 7 nitrogen and oxygen atoms in total. The van der Waals surface area contributed by atoms with Crippen molar-refractivity contribution < 1.29 is 17.6 Å². The number of aryl methyl sites for hydroxylation is 1. The Balaban J connectivity index is 1.41. The zero-order chi connectivity index (χ0) is 19.2. The van der Waals surface area contributed by atoms with Gasteiger partial charge in [-0.05, 0) is 42.5 Å². The van der Waals surface area contributed by atoms with Gasteiger partial charge in [0, 0.05) is 25.8 Å². The van der Waals surface area contributed by atoms with Crippen molar-refractivity contribution in [1.82, 2.24) is 13.9 Å². The minimum Gasteiger partial charge on any atom is -0.334 e. The molecule has 1 N–H and O–H groups in total. The van der Waals surface area contributed by atoms with Crippen LogP contribution < -0.4 is 5.32 Å². The fourth-order valence-electron chi connectivity index (χ4n) is 3.00. The third-order valence-electron chi connectivity index (χ3n) is 4.66. The van der Waals surface area contributed by atoms with Gasteiger partial charge in [0.05, 0.1) is 28.2 Å². The van der Waals surface area contributed by atoms with Gasteiger partial charge in [-0.3, -0.25) is 4.79 Å². The van der Waals surface area contributed by atoms with Gasteiger partial charge in [0.15, 0.2) is 0 Å². The van der Waals surface area contributed by atoms with Crippen LogP contribution in [0, 0.1) is 11.7 Å². The third kappa shape index (κ3) is 3.19. The van der Waals surface area contributed by atoms with Crippen LogP contribution >= 0.6 is 0 Å². The lowest BCUT2D eigenvalue weighted by Gasteiger charge is -2.36. The second kappa shape index (κ2) is 6.43. The molecule has 1 amide bonds. The van der Waals surface area contributed by atoms with Gasteiger partial charge in [0.2, 0.25) is 15.9 Å². The molecule has 140 valence electrons. The van der Waals surface area contributed by atoms with E-state index in [9.17, 15) is 17.6 Å². The Morgan fingerprint density at radius 3 is 2.59 bits per heavy atom. The smallest absolute Gasteiger partial charge is 0.243 e. The first-order chi connectivity index (χ1) is 12.8. The van der Waals surface area contributed by atoms with Gasteiger partial charge < -0.3 is 9.88 Å². The lowest BCUT2D eigenvalue weighted by molar-refractivity contribution is -0.122. The van der Waals surface area contributed by atoms with Gasteiger partial charge in [0.1, 0.15) is 5.82 Å². The molecule has 0 bridgehead atoms. The van der Waals surface area contributed by atoms with Crippen molar-refractivity contribution >= 4 is 32.7 Å². The molecule has 0 saturated carbocycles. The van der Waals surface area contributed by atoms with Crippen molar-refractivity contribution in [3.63, 3.8) is 0 Å². The van der Waals surface area contributed by atoms with Gasteiger partial charge >= 0.3 is 0 Å². The molecule has 1 aromatic heterocycles. The fourth-order valence-corrected chi connectivity index (χ4v) is 4.53. The number of hydrogen-bond acceptors (Lipinski definition) is 4. The van der Waals surface area contributed by atoms with E-state index in [1.807, 2.05) is 23.7 Å². The van der Waals surface area contributed by atoms with Gasteiger partial charge in [-0.2, -0.15) is 4.31 Å². The van der Waals surface area contributed by atoms with Gasteiger partial charge in [-0.15, -0.1) is 0 Å². The minimum atomic E-state index is -3.71. The number of fused-ring (bicyclic) bond motifs is 1. The van der Waals surface area contributed by atoms with E-state index < -0.39 is 21.8 Å². The van der Waals surface area contributed by atoms with E-state index in [2.05, 4.69) is 10.3 Å². The fraction of sp³-hybridized carbons (Fsp3) is 0.222. The molecular weight excluding hydrogens is 371 g/mol. The summed E-state index contributed by atoms with van der Waals surface area (Å²) in [6, 6.07) is 10.1. The van der Waals surface area contributed by atoms with Crippen LogP contribution in [0.25, 0.3) is 11.0 Å². The highest BCUT2D eigenvalue weighted by Gasteiger charge is 2.40. The van der Waals surface area contributed by atoms with Crippen LogP contribution in [0.2, 0.25) is 0 Å². The van der Waals surface area contributed by atoms with Gasteiger partial charge in [-0.25, -0.2) is 17.8 Å². The largest absolute Gasteiger partial charge is 0.334 e. The number of nitrogens with zero attached hydrogens (tertiary/aromatic N) is 3. The van der Waals surface area contributed by atoms with Crippen molar-refractivity contribution in [1.29, 1.82) is 0 Å². The van der Waals surface area contributed by atoms with Crippen molar-refractivity contribution in [2.24, 2.45) is 13.0 Å². The zero-order valence-electron chi connectivity index (χ0n) is 14.5. The van der Waals surface area contributed by atoms with Crippen LogP contribution in [-0.4, -0.2) is 41.3 Å². The van der Waals surface area contributed by atoms with E-state index in [1.165, 1.54) is 16.4 Å². The second-order valence-corrected chi connectivity index (χ2v) is 8.46. The molecule has 1 aliphatic heterocycles. The molecule has 1 aliphatic rings. The van der Waals surface area contributed by atoms with Gasteiger partial charge in [-0.1, -0.05) is 0 Å². The summed E-state index contributed by atoms with van der Waals surface area (Å²) in [6.07, 6.45) is 1.69. The molecule has 9 heteroatoms. The molecule has 1 saturated heterocycles. The molecule has 2 heterocycles. The predicted octanol–water partition coefficient (Wildman–Crippen LogP) is 1.97. The Bertz CT molecular complexity index is 1120. The van der Waals surface area contributed by atoms with Crippen LogP contribution in [0.1, 0.15) is 0 Å². The standard InChI is InChI=1S/C18H17FN4O3S/c1-22-11-20-16-7-4-14(8-17(16)22)21-18(24)12-9-23(10-12)27(25,26)15-5-2-13(19)3-6-15/h2-8,11-12H,9-10H2,1H3,(H,21,24). The molecule has 4 rings (SSSR count). The number of imidazole rings is 1. The number of carbonyl (C=O) groups excluding carboxylic acids is 1. The Morgan fingerprint density at radius 1 is 1.19 bits per heavy atom. The number of hydrogen-bond donors (Lipinski definition) is 1. The average molecular weight is 388 g/mol. The summed E-state index contributed by atoms with van der Waals surface area (Å²) in [4.78, 5) is 16.6. The number of rotatable bonds is 4. The van der Waals surface area contributed by atoms with Crippen LogP contribution in [0.3, 0.4) is 0 Å². The summed E-state index contributed by atoms with van der Waals surface area (Å²) >= 11 is 0. The molecule has 0 unspecified atom stereocenters. The number of amides is 1. The maximum atomic E-state index is 13.0. The first kappa shape index (κ1) is 17.6. The monoisotopic (exact) mass is 388 g/mol. The zero-order valence-corrected chi connectivity index (χ0v) is 15.3. The SMILES string of the molecule is Cn1cnc2ccc(NC(=O)C3CN(S(=O)(=O)c4ccc(F)cc4)C3)cc21. The Kier molecular flexibility index (Phi) is 4.20. The second-order valence-electron chi connectivity index (χ2n) is 6.52. The Labute approximate surface area is 155 Å². The number of benzene rings is 2. The van der Waals surface area contributed by atoms with Crippen LogP contribution in [-0.2, 0) is 21.9 Å². The summed E-state index contributed by atoms with van der Waals surface area (Å²) in [5.41, 5.74) is 2.36. The molecule has 0 radical (unpaired) electrons. The summed E-state index contributed by atoms with van der Waals surface area (Å²) in [7, 11) is -1.84. The van der Waals surface area contributed by atoms with Crippen LogP contribution in [0.15, 0.2) is 53.7 Å². The van der Waals surface area contributed by atoms with Crippen molar-refractivity contribution in [3.05, 3.63) is 54.6 Å². The highest BCUT2D eigenvalue weighted by molar-refractivity contribution is 7.89. The normalized spacial score (nSPS) is 15.6. The number of halogens is 1. The minimum absolute atomic E-state index is 0.0180. The average Bonchev–Trinajstić information content (AvgIpc) is 2.94. The lowest BCUT2D eigenvalue weighted by atomic mass is 10.0. The summed E-state index contributed by atoms with van der Waals surface area (Å²) in [5.74, 6) is -1.16. The number of sulfonamides is 1. The van der Waals surface area contributed by atoms with E-state index in [0.717, 1.165) is 23.2 Å². The van der Waals surface area contributed by atoms with Crippen molar-refractivity contribution in [2.75, 3.05) is 18.4 Å².